The molecule has 12 heteroatoms. The van der Waals surface area contributed by atoms with Crippen LogP contribution in [-0.4, -0.2) is 49.0 Å². The van der Waals surface area contributed by atoms with Gasteiger partial charge in [-0.05, 0) is 59.8 Å². The summed E-state index contributed by atoms with van der Waals surface area (Å²) in [7, 11) is -2.35. The molecule has 1 aliphatic carbocycles. The highest BCUT2D eigenvalue weighted by molar-refractivity contribution is 7.89. The van der Waals surface area contributed by atoms with Crippen molar-refractivity contribution >= 4 is 50.7 Å². The standard InChI is InChI=1S/C26H27ClN6O3S2/c1-33-13-12-22(25(33)34)32-38(35,36)18-14-21(27)24(28-15-18)30-31-26(37)29-23-19-8-4-2-6-16(19)10-11-17-7-3-5-9-20(17)23/h2-9,14-15,22-23,32H,10-13H2,1H3,(H,28,30)(H2,29,31,37). The van der Waals surface area contributed by atoms with E-state index in [1.165, 1.54) is 28.3 Å². The molecule has 0 saturated carbocycles. The highest BCUT2D eigenvalue weighted by atomic mass is 35.5. The lowest BCUT2D eigenvalue weighted by atomic mass is 9.95. The second-order valence-electron chi connectivity index (χ2n) is 9.28. The normalized spacial score (nSPS) is 17.4. The number of pyridine rings is 1. The first-order valence-corrected chi connectivity index (χ1v) is 14.4. The maximum absolute atomic E-state index is 12.8. The molecule has 1 atom stereocenters. The third-order valence-corrected chi connectivity index (χ3v) is 8.76. The second-order valence-corrected chi connectivity index (χ2v) is 11.8. The number of hydrogen-bond acceptors (Lipinski definition) is 6. The smallest absolute Gasteiger partial charge is 0.242 e. The first-order chi connectivity index (χ1) is 18.2. The van der Waals surface area contributed by atoms with E-state index in [2.05, 4.69) is 50.1 Å². The number of hydrazine groups is 1. The minimum absolute atomic E-state index is 0.0724. The van der Waals surface area contributed by atoms with Crippen LogP contribution >= 0.6 is 23.8 Å². The largest absolute Gasteiger partial charge is 0.350 e. The number of anilines is 1. The number of likely N-dealkylation sites (N-methyl/N-ethyl adjacent to an activating group) is 1. The summed E-state index contributed by atoms with van der Waals surface area (Å²) in [6.07, 6.45) is 3.47. The molecule has 0 radical (unpaired) electrons. The molecule has 9 nitrogen and oxygen atoms in total. The molecule has 0 bridgehead atoms. The maximum Gasteiger partial charge on any atom is 0.242 e. The molecule has 198 valence electrons. The number of benzene rings is 2. The zero-order valence-electron chi connectivity index (χ0n) is 20.6. The SMILES string of the molecule is CN1CCC(NS(=O)(=O)c2cnc(NNC(=S)NC3c4ccccc4CCc4ccccc43)c(Cl)c2)C1=O. The number of nitrogens with zero attached hydrogens (tertiary/aromatic N) is 2. The van der Waals surface area contributed by atoms with Crippen molar-refractivity contribution in [3.8, 4) is 0 Å². The van der Waals surface area contributed by atoms with Gasteiger partial charge in [-0.3, -0.25) is 15.6 Å². The van der Waals surface area contributed by atoms with E-state index in [-0.39, 0.29) is 27.7 Å². The maximum atomic E-state index is 12.8. The number of aryl methyl sites for hydroxylation is 2. The van der Waals surface area contributed by atoms with Crippen molar-refractivity contribution in [1.82, 2.24) is 25.3 Å². The van der Waals surface area contributed by atoms with Crippen molar-refractivity contribution in [2.45, 2.75) is 36.2 Å². The van der Waals surface area contributed by atoms with E-state index in [4.69, 9.17) is 23.8 Å². The Morgan fingerprint density at radius 2 is 1.71 bits per heavy atom. The number of thiocarbonyl (C=S) groups is 1. The van der Waals surface area contributed by atoms with E-state index >= 15 is 0 Å². The highest BCUT2D eigenvalue weighted by Crippen LogP contribution is 2.32. The van der Waals surface area contributed by atoms with Crippen molar-refractivity contribution in [2.24, 2.45) is 0 Å². The fraction of sp³-hybridized carbons (Fsp3) is 0.269. The molecule has 1 fully saturated rings. The number of aromatic nitrogens is 1. The van der Waals surface area contributed by atoms with Gasteiger partial charge in [0, 0.05) is 19.8 Å². The molecule has 3 aromatic rings. The summed E-state index contributed by atoms with van der Waals surface area (Å²) < 4.78 is 28.0. The number of hydrogen-bond donors (Lipinski definition) is 4. The molecule has 38 heavy (non-hydrogen) atoms. The average molecular weight is 571 g/mol. The Morgan fingerprint density at radius 1 is 1.08 bits per heavy atom. The summed E-state index contributed by atoms with van der Waals surface area (Å²) in [5.74, 6) is -0.0665. The summed E-state index contributed by atoms with van der Waals surface area (Å²) in [5.41, 5.74) is 10.6. The molecule has 5 rings (SSSR count). The van der Waals surface area contributed by atoms with Crippen LogP contribution in [0.5, 0.6) is 0 Å². The van der Waals surface area contributed by atoms with Crippen LogP contribution in [0.15, 0.2) is 65.7 Å². The summed E-state index contributed by atoms with van der Waals surface area (Å²) in [4.78, 5) is 17.6. The summed E-state index contributed by atoms with van der Waals surface area (Å²) in [5, 5.41) is 3.78. The monoisotopic (exact) mass is 570 g/mol. The zero-order valence-corrected chi connectivity index (χ0v) is 23.0. The minimum atomic E-state index is -3.98. The Kier molecular flexibility index (Phi) is 7.53. The number of rotatable bonds is 6. The van der Waals surface area contributed by atoms with Gasteiger partial charge in [-0.2, -0.15) is 4.72 Å². The van der Waals surface area contributed by atoms with Gasteiger partial charge < -0.3 is 10.2 Å². The number of halogens is 1. The van der Waals surface area contributed by atoms with Gasteiger partial charge in [-0.15, -0.1) is 0 Å². The number of amides is 1. The molecule has 2 heterocycles. The van der Waals surface area contributed by atoms with E-state index in [9.17, 15) is 13.2 Å². The topological polar surface area (TPSA) is 115 Å². The van der Waals surface area contributed by atoms with E-state index in [1.54, 1.807) is 7.05 Å². The van der Waals surface area contributed by atoms with Crippen LogP contribution in [0.1, 0.15) is 34.7 Å². The van der Waals surface area contributed by atoms with Gasteiger partial charge in [-0.25, -0.2) is 13.4 Å². The lowest BCUT2D eigenvalue weighted by Gasteiger charge is -2.24. The third-order valence-electron chi connectivity index (χ3n) is 6.82. The quantitative estimate of drug-likeness (QED) is 0.264. The van der Waals surface area contributed by atoms with Crippen LogP contribution in [0.3, 0.4) is 0 Å². The highest BCUT2D eigenvalue weighted by Gasteiger charge is 2.33. The van der Waals surface area contributed by atoms with Crippen LogP contribution in [0.4, 0.5) is 5.82 Å². The molecule has 1 saturated heterocycles. The molecule has 4 N–H and O–H groups in total. The van der Waals surface area contributed by atoms with Crippen molar-refractivity contribution in [1.29, 1.82) is 0 Å². The Labute approximate surface area is 232 Å². The number of nitrogens with one attached hydrogen (secondary N) is 4. The molecular weight excluding hydrogens is 544 g/mol. The van der Waals surface area contributed by atoms with Crippen LogP contribution in [-0.2, 0) is 27.7 Å². The molecule has 2 aromatic carbocycles. The fourth-order valence-corrected chi connectivity index (χ4v) is 6.45. The lowest BCUT2D eigenvalue weighted by Crippen LogP contribution is -2.41. The van der Waals surface area contributed by atoms with E-state index < -0.39 is 16.1 Å². The van der Waals surface area contributed by atoms with Gasteiger partial charge in [0.25, 0.3) is 0 Å². The van der Waals surface area contributed by atoms with E-state index in [0.29, 0.717) is 18.1 Å². The van der Waals surface area contributed by atoms with Gasteiger partial charge >= 0.3 is 0 Å². The first kappa shape index (κ1) is 26.4. The number of likely N-dealkylation sites (tertiary alicyclic amines) is 1. The van der Waals surface area contributed by atoms with Crippen molar-refractivity contribution in [2.75, 3.05) is 19.0 Å². The molecule has 2 aliphatic rings. The number of carbonyl (C=O) groups excluding carboxylic acids is 1. The van der Waals surface area contributed by atoms with Gasteiger partial charge in [0.05, 0.1) is 11.1 Å². The summed E-state index contributed by atoms with van der Waals surface area (Å²) >= 11 is 11.9. The van der Waals surface area contributed by atoms with E-state index in [0.717, 1.165) is 24.0 Å². The first-order valence-electron chi connectivity index (χ1n) is 12.1. The van der Waals surface area contributed by atoms with Crippen molar-refractivity contribution < 1.29 is 13.2 Å². The Hall–Kier alpha value is -3.25. The number of sulfonamides is 1. The second kappa shape index (κ2) is 10.9. The average Bonchev–Trinajstić information content (AvgIpc) is 3.12. The van der Waals surface area contributed by atoms with Gasteiger partial charge in [-0.1, -0.05) is 60.1 Å². The lowest BCUT2D eigenvalue weighted by molar-refractivity contribution is -0.127. The van der Waals surface area contributed by atoms with Gasteiger partial charge in [0.2, 0.25) is 15.9 Å². The summed E-state index contributed by atoms with van der Waals surface area (Å²) in [6, 6.07) is 16.9. The number of carbonyl (C=O) groups is 1. The number of fused-ring (bicyclic) bond motifs is 2. The minimum Gasteiger partial charge on any atom is -0.350 e. The molecular formula is C26H27ClN6O3S2. The molecule has 0 spiro atoms. The predicted octanol–water partition coefficient (Wildman–Crippen LogP) is 2.92. The Bertz CT molecular complexity index is 1450. The van der Waals surface area contributed by atoms with Gasteiger partial charge in [0.1, 0.15) is 10.9 Å². The van der Waals surface area contributed by atoms with Gasteiger partial charge in [0.15, 0.2) is 10.9 Å². The molecule has 1 aliphatic heterocycles. The van der Waals surface area contributed by atoms with Crippen molar-refractivity contribution in [3.05, 3.63) is 88.1 Å². The Morgan fingerprint density at radius 3 is 2.29 bits per heavy atom. The van der Waals surface area contributed by atoms with E-state index in [1.807, 2.05) is 24.3 Å². The van der Waals surface area contributed by atoms with Crippen molar-refractivity contribution in [3.63, 3.8) is 0 Å². The fourth-order valence-electron chi connectivity index (χ4n) is 4.81. The summed E-state index contributed by atoms with van der Waals surface area (Å²) in [6.45, 7) is 0.492. The Balaban J connectivity index is 1.27. The van der Waals surface area contributed by atoms with Crippen LogP contribution in [0, 0.1) is 0 Å². The molecule has 1 aromatic heterocycles. The predicted molar refractivity (Wildman–Crippen MR) is 150 cm³/mol. The molecule has 1 amide bonds. The van der Waals surface area contributed by atoms with Crippen LogP contribution < -0.4 is 20.9 Å². The third kappa shape index (κ3) is 5.46. The zero-order chi connectivity index (χ0) is 26.9. The molecule has 1 unspecified atom stereocenters. The van der Waals surface area contributed by atoms with Crippen LogP contribution in [0.25, 0.3) is 0 Å². The van der Waals surface area contributed by atoms with Crippen LogP contribution in [0.2, 0.25) is 5.02 Å².